The molecule has 0 aliphatic carbocycles. The Morgan fingerprint density at radius 2 is 1.66 bits per heavy atom. The fourth-order valence-electron chi connectivity index (χ4n) is 2.48. The summed E-state index contributed by atoms with van der Waals surface area (Å²) >= 11 is 6.00. The van der Waals surface area contributed by atoms with E-state index < -0.39 is 25.5 Å². The Morgan fingerprint density at radius 1 is 1.00 bits per heavy atom. The zero-order chi connectivity index (χ0) is 21.0. The smallest absolute Gasteiger partial charge is 0.289 e. The lowest BCUT2D eigenvalue weighted by Gasteiger charge is -2.14. The van der Waals surface area contributed by atoms with Gasteiger partial charge in [0.15, 0.2) is 10.6 Å². The van der Waals surface area contributed by atoms with Crippen molar-refractivity contribution in [2.75, 3.05) is 11.8 Å². The highest BCUT2D eigenvalue weighted by atomic mass is 35.5. The molecule has 0 heterocycles. The van der Waals surface area contributed by atoms with E-state index in [0.717, 1.165) is 12.1 Å². The van der Waals surface area contributed by atoms with Gasteiger partial charge in [-0.15, -0.1) is 0 Å². The number of rotatable bonds is 7. The van der Waals surface area contributed by atoms with E-state index in [4.69, 9.17) is 21.1 Å². The van der Waals surface area contributed by atoms with Crippen LogP contribution >= 0.6 is 11.6 Å². The molecular formula is C19H15ClN2O6S. The van der Waals surface area contributed by atoms with E-state index in [-0.39, 0.29) is 16.5 Å². The van der Waals surface area contributed by atoms with Gasteiger partial charge in [0.05, 0.1) is 17.7 Å². The second-order valence-corrected chi connectivity index (χ2v) is 7.84. The lowest BCUT2D eigenvalue weighted by Crippen LogP contribution is -2.15. The van der Waals surface area contributed by atoms with Crippen molar-refractivity contribution in [2.24, 2.45) is 0 Å². The van der Waals surface area contributed by atoms with Crippen molar-refractivity contribution in [1.82, 2.24) is 0 Å². The van der Waals surface area contributed by atoms with Crippen LogP contribution in [0.5, 0.6) is 17.2 Å². The molecule has 0 aliphatic heterocycles. The zero-order valence-electron chi connectivity index (χ0n) is 15.0. The van der Waals surface area contributed by atoms with E-state index in [9.17, 15) is 18.5 Å². The molecule has 10 heteroatoms. The van der Waals surface area contributed by atoms with Crippen molar-refractivity contribution in [2.45, 2.75) is 4.90 Å². The average Bonchev–Trinajstić information content (AvgIpc) is 2.70. The standard InChI is InChI=1S/C19H15ClN2O6S/c1-27-14-7-9-15(10-8-14)28-18-11-6-13(20)12-16(18)21-29(25,26)19-5-3-2-4-17(19)22(23)24/h2-12,21H,1H3. The Morgan fingerprint density at radius 3 is 2.31 bits per heavy atom. The summed E-state index contributed by atoms with van der Waals surface area (Å²) in [5.41, 5.74) is -0.508. The molecule has 0 fully saturated rings. The number of para-hydroxylation sites is 1. The summed E-state index contributed by atoms with van der Waals surface area (Å²) in [6, 6.07) is 16.1. The molecule has 3 aromatic carbocycles. The number of hydrogen-bond acceptors (Lipinski definition) is 6. The quantitative estimate of drug-likeness (QED) is 0.420. The Kier molecular flexibility index (Phi) is 5.90. The van der Waals surface area contributed by atoms with Crippen LogP contribution in [0.4, 0.5) is 11.4 Å². The summed E-state index contributed by atoms with van der Waals surface area (Å²) in [5, 5.41) is 11.4. The number of nitrogens with zero attached hydrogens (tertiary/aromatic N) is 1. The third-order valence-electron chi connectivity index (χ3n) is 3.82. The molecule has 0 saturated heterocycles. The minimum absolute atomic E-state index is 0.0338. The monoisotopic (exact) mass is 434 g/mol. The number of methoxy groups -OCH3 is 1. The summed E-state index contributed by atoms with van der Waals surface area (Å²) in [6.45, 7) is 0. The highest BCUT2D eigenvalue weighted by Crippen LogP contribution is 2.35. The van der Waals surface area contributed by atoms with E-state index in [0.29, 0.717) is 11.5 Å². The second-order valence-electron chi connectivity index (χ2n) is 5.75. The maximum absolute atomic E-state index is 12.8. The van der Waals surface area contributed by atoms with Gasteiger partial charge in [-0.05, 0) is 48.5 Å². The van der Waals surface area contributed by atoms with Crippen LogP contribution in [0, 0.1) is 10.1 Å². The summed E-state index contributed by atoms with van der Waals surface area (Å²) in [6.07, 6.45) is 0. The molecule has 29 heavy (non-hydrogen) atoms. The van der Waals surface area contributed by atoms with Crippen LogP contribution in [-0.4, -0.2) is 20.5 Å². The molecule has 8 nitrogen and oxygen atoms in total. The molecule has 3 aromatic rings. The SMILES string of the molecule is COc1ccc(Oc2ccc(Cl)cc2NS(=O)(=O)c2ccccc2[N+](=O)[O-])cc1. The van der Waals surface area contributed by atoms with Gasteiger partial charge in [0.2, 0.25) is 0 Å². The normalized spacial score (nSPS) is 11.0. The Bertz CT molecular complexity index is 1150. The summed E-state index contributed by atoms with van der Waals surface area (Å²) in [4.78, 5) is 9.96. The van der Waals surface area contributed by atoms with Gasteiger partial charge >= 0.3 is 0 Å². The van der Waals surface area contributed by atoms with E-state index >= 15 is 0 Å². The van der Waals surface area contributed by atoms with E-state index in [1.165, 1.54) is 37.4 Å². The molecule has 0 amide bonds. The number of sulfonamides is 1. The first-order valence-electron chi connectivity index (χ1n) is 8.18. The Balaban J connectivity index is 1.96. The topological polar surface area (TPSA) is 108 Å². The van der Waals surface area contributed by atoms with Crippen LogP contribution in [0.15, 0.2) is 71.6 Å². The lowest BCUT2D eigenvalue weighted by molar-refractivity contribution is -0.387. The largest absolute Gasteiger partial charge is 0.497 e. The Labute approximate surface area is 171 Å². The molecule has 0 spiro atoms. The van der Waals surface area contributed by atoms with Crippen LogP contribution in [-0.2, 0) is 10.0 Å². The molecule has 0 unspecified atom stereocenters. The van der Waals surface area contributed by atoms with E-state index in [2.05, 4.69) is 4.72 Å². The van der Waals surface area contributed by atoms with Crippen LogP contribution in [0.25, 0.3) is 0 Å². The highest BCUT2D eigenvalue weighted by molar-refractivity contribution is 7.92. The fraction of sp³-hybridized carbons (Fsp3) is 0.0526. The zero-order valence-corrected chi connectivity index (χ0v) is 16.6. The summed E-state index contributed by atoms with van der Waals surface area (Å²) in [7, 11) is -2.75. The Hall–Kier alpha value is -3.30. The molecule has 1 N–H and O–H groups in total. The van der Waals surface area contributed by atoms with Crippen LogP contribution < -0.4 is 14.2 Å². The van der Waals surface area contributed by atoms with Gasteiger partial charge < -0.3 is 9.47 Å². The molecule has 0 radical (unpaired) electrons. The maximum atomic E-state index is 12.8. The minimum atomic E-state index is -4.28. The van der Waals surface area contributed by atoms with Gasteiger partial charge in [0.25, 0.3) is 15.7 Å². The first-order chi connectivity index (χ1) is 13.8. The van der Waals surface area contributed by atoms with Crippen molar-refractivity contribution in [1.29, 1.82) is 0 Å². The van der Waals surface area contributed by atoms with Crippen molar-refractivity contribution < 1.29 is 22.8 Å². The first kappa shape index (κ1) is 20.4. The number of anilines is 1. The lowest BCUT2D eigenvalue weighted by atomic mass is 10.3. The van der Waals surface area contributed by atoms with Gasteiger partial charge in [0.1, 0.15) is 11.5 Å². The molecule has 150 valence electrons. The summed E-state index contributed by atoms with van der Waals surface area (Å²) in [5.74, 6) is 1.23. The van der Waals surface area contributed by atoms with Crippen molar-refractivity contribution in [3.05, 3.63) is 81.9 Å². The number of nitro benzene ring substituents is 1. The van der Waals surface area contributed by atoms with Crippen molar-refractivity contribution in [3.63, 3.8) is 0 Å². The predicted molar refractivity (Wildman–Crippen MR) is 108 cm³/mol. The van der Waals surface area contributed by atoms with Crippen LogP contribution in [0.2, 0.25) is 5.02 Å². The average molecular weight is 435 g/mol. The van der Waals surface area contributed by atoms with Gasteiger partial charge in [-0.2, -0.15) is 0 Å². The fourth-order valence-corrected chi connectivity index (χ4v) is 3.88. The van der Waals surface area contributed by atoms with E-state index in [1.54, 1.807) is 24.3 Å². The third kappa shape index (κ3) is 4.76. The van der Waals surface area contributed by atoms with Gasteiger partial charge in [-0.1, -0.05) is 23.7 Å². The number of nitrogens with one attached hydrogen (secondary N) is 1. The molecule has 0 aliphatic rings. The number of ether oxygens (including phenoxy) is 2. The third-order valence-corrected chi connectivity index (χ3v) is 5.47. The van der Waals surface area contributed by atoms with Crippen molar-refractivity contribution in [3.8, 4) is 17.2 Å². The van der Waals surface area contributed by atoms with Gasteiger partial charge in [-0.25, -0.2) is 8.42 Å². The molecular weight excluding hydrogens is 420 g/mol. The summed E-state index contributed by atoms with van der Waals surface area (Å²) < 4.78 is 38.7. The number of halogens is 1. The van der Waals surface area contributed by atoms with Crippen molar-refractivity contribution >= 4 is 33.0 Å². The number of benzene rings is 3. The van der Waals surface area contributed by atoms with Crippen LogP contribution in [0.3, 0.4) is 0 Å². The number of nitro groups is 1. The second kappa shape index (κ2) is 8.38. The van der Waals surface area contributed by atoms with Gasteiger partial charge in [-0.3, -0.25) is 14.8 Å². The highest BCUT2D eigenvalue weighted by Gasteiger charge is 2.26. The first-order valence-corrected chi connectivity index (χ1v) is 10.0. The minimum Gasteiger partial charge on any atom is -0.497 e. The van der Waals surface area contributed by atoms with Gasteiger partial charge in [0, 0.05) is 11.1 Å². The van der Waals surface area contributed by atoms with E-state index in [1.807, 2.05) is 0 Å². The number of hydrogen-bond donors (Lipinski definition) is 1. The predicted octanol–water partition coefficient (Wildman–Crippen LogP) is 4.85. The molecule has 3 rings (SSSR count). The van der Waals surface area contributed by atoms with Crippen LogP contribution in [0.1, 0.15) is 0 Å². The molecule has 0 bridgehead atoms. The molecule has 0 saturated carbocycles. The maximum Gasteiger partial charge on any atom is 0.289 e. The molecule has 0 atom stereocenters. The molecule has 0 aromatic heterocycles.